The fourth-order valence-corrected chi connectivity index (χ4v) is 3.49. The first-order valence-electron chi connectivity index (χ1n) is 4.61. The molecule has 1 aliphatic rings. The van der Waals surface area contributed by atoms with Crippen molar-refractivity contribution in [3.8, 4) is 0 Å². The number of methoxy groups -OCH3 is 1. The van der Waals surface area contributed by atoms with E-state index in [2.05, 4.69) is 22.0 Å². The van der Waals surface area contributed by atoms with Gasteiger partial charge in [0.15, 0.2) is 0 Å². The maximum absolute atomic E-state index is 10.1. The highest BCUT2D eigenvalue weighted by atomic mass is 79.9. The molecule has 0 radical (unpaired) electrons. The second-order valence-electron chi connectivity index (χ2n) is 3.87. The van der Waals surface area contributed by atoms with Gasteiger partial charge in [-0.2, -0.15) is 0 Å². The molecule has 0 unspecified atom stereocenters. The number of halogens is 1. The fourth-order valence-electron chi connectivity index (χ4n) is 1.87. The Morgan fingerprint density at radius 1 is 1.64 bits per heavy atom. The smallest absolute Gasteiger partial charge is 0.0745 e. The van der Waals surface area contributed by atoms with Crippen LogP contribution in [-0.2, 0) is 11.2 Å². The zero-order valence-corrected chi connectivity index (χ0v) is 10.4. The van der Waals surface area contributed by atoms with E-state index in [1.165, 1.54) is 4.88 Å². The topological polar surface area (TPSA) is 29.5 Å². The molecule has 2 nitrogen and oxygen atoms in total. The van der Waals surface area contributed by atoms with Gasteiger partial charge in [-0.1, -0.05) is 0 Å². The first-order chi connectivity index (χ1) is 6.61. The van der Waals surface area contributed by atoms with E-state index in [1.807, 2.05) is 6.07 Å². The molecule has 0 atom stereocenters. The summed E-state index contributed by atoms with van der Waals surface area (Å²) in [5.74, 6) is 0. The van der Waals surface area contributed by atoms with Crippen LogP contribution in [-0.4, -0.2) is 23.9 Å². The highest BCUT2D eigenvalue weighted by molar-refractivity contribution is 9.11. The van der Waals surface area contributed by atoms with Gasteiger partial charge in [-0.05, 0) is 28.1 Å². The molecule has 0 aromatic carbocycles. The van der Waals surface area contributed by atoms with E-state index in [-0.39, 0.29) is 6.10 Å². The summed E-state index contributed by atoms with van der Waals surface area (Å²) in [4.78, 5) is 1.23. The van der Waals surface area contributed by atoms with Crippen LogP contribution in [0, 0.1) is 0 Å². The monoisotopic (exact) mass is 276 g/mol. The summed E-state index contributed by atoms with van der Waals surface area (Å²) in [6.45, 7) is 0. The maximum Gasteiger partial charge on any atom is 0.0745 e. The number of thiophene rings is 1. The van der Waals surface area contributed by atoms with Crippen LogP contribution < -0.4 is 0 Å². The lowest BCUT2D eigenvalue weighted by molar-refractivity contribution is -0.126. The van der Waals surface area contributed by atoms with Crippen molar-refractivity contribution in [2.45, 2.75) is 31.0 Å². The summed E-state index contributed by atoms with van der Waals surface area (Å²) < 4.78 is 6.28. The zero-order chi connectivity index (χ0) is 10.2. The highest BCUT2D eigenvalue weighted by Crippen LogP contribution is 2.38. The molecular weight excluding hydrogens is 264 g/mol. The van der Waals surface area contributed by atoms with Gasteiger partial charge in [0.2, 0.25) is 0 Å². The molecule has 1 heterocycles. The van der Waals surface area contributed by atoms with Crippen molar-refractivity contribution < 1.29 is 9.84 Å². The molecule has 78 valence electrons. The standard InChI is InChI=1S/C10H13BrO2S/c1-13-7-4-10(12,5-7)6-8-2-3-9(11)14-8/h2-3,7,12H,4-6H2,1H3. The third-order valence-corrected chi connectivity index (χ3v) is 4.30. The predicted molar refractivity (Wildman–Crippen MR) is 60.7 cm³/mol. The van der Waals surface area contributed by atoms with E-state index in [1.54, 1.807) is 18.4 Å². The Kier molecular flexibility index (Phi) is 2.98. The van der Waals surface area contributed by atoms with Crippen LogP contribution in [0.4, 0.5) is 0 Å². The minimum atomic E-state index is -0.523. The summed E-state index contributed by atoms with van der Waals surface area (Å²) in [5, 5.41) is 10.1. The normalized spacial score (nSPS) is 31.5. The van der Waals surface area contributed by atoms with E-state index in [0.29, 0.717) is 0 Å². The van der Waals surface area contributed by atoms with Crippen LogP contribution in [0.2, 0.25) is 0 Å². The first-order valence-corrected chi connectivity index (χ1v) is 6.22. The van der Waals surface area contributed by atoms with Crippen molar-refractivity contribution in [2.24, 2.45) is 0 Å². The number of aliphatic hydroxyl groups is 1. The lowest BCUT2D eigenvalue weighted by Crippen LogP contribution is -2.49. The van der Waals surface area contributed by atoms with Gasteiger partial charge >= 0.3 is 0 Å². The van der Waals surface area contributed by atoms with Gasteiger partial charge in [0.25, 0.3) is 0 Å². The molecule has 1 N–H and O–H groups in total. The van der Waals surface area contributed by atoms with E-state index < -0.39 is 5.60 Å². The minimum Gasteiger partial charge on any atom is -0.389 e. The largest absolute Gasteiger partial charge is 0.389 e. The lowest BCUT2D eigenvalue weighted by Gasteiger charge is -2.42. The molecule has 0 saturated heterocycles. The Bertz CT molecular complexity index is 318. The average molecular weight is 277 g/mol. The van der Waals surface area contributed by atoms with E-state index in [0.717, 1.165) is 23.0 Å². The van der Waals surface area contributed by atoms with Crippen molar-refractivity contribution in [1.82, 2.24) is 0 Å². The Labute approximate surface area is 96.0 Å². The molecule has 1 aromatic rings. The molecule has 1 aromatic heterocycles. The van der Waals surface area contributed by atoms with E-state index in [4.69, 9.17) is 4.74 Å². The van der Waals surface area contributed by atoms with Crippen molar-refractivity contribution in [1.29, 1.82) is 0 Å². The molecule has 0 aliphatic heterocycles. The SMILES string of the molecule is COC1CC(O)(Cc2ccc(Br)s2)C1. The van der Waals surface area contributed by atoms with E-state index in [9.17, 15) is 5.11 Å². The van der Waals surface area contributed by atoms with Crippen LogP contribution in [0.1, 0.15) is 17.7 Å². The average Bonchev–Trinajstić information content (AvgIpc) is 2.46. The number of hydrogen-bond donors (Lipinski definition) is 1. The molecule has 1 saturated carbocycles. The number of ether oxygens (including phenoxy) is 1. The molecule has 0 bridgehead atoms. The molecule has 1 aliphatic carbocycles. The van der Waals surface area contributed by atoms with Crippen LogP contribution in [0.25, 0.3) is 0 Å². The molecular formula is C10H13BrO2S. The third kappa shape index (κ3) is 2.19. The molecule has 0 amide bonds. The summed E-state index contributed by atoms with van der Waals surface area (Å²) in [7, 11) is 1.70. The zero-order valence-electron chi connectivity index (χ0n) is 8.00. The van der Waals surface area contributed by atoms with Crippen LogP contribution >= 0.6 is 27.3 Å². The maximum atomic E-state index is 10.1. The van der Waals surface area contributed by atoms with Gasteiger partial charge in [-0.15, -0.1) is 11.3 Å². The summed E-state index contributed by atoms with van der Waals surface area (Å²) >= 11 is 5.11. The minimum absolute atomic E-state index is 0.253. The highest BCUT2D eigenvalue weighted by Gasteiger charge is 2.42. The van der Waals surface area contributed by atoms with E-state index >= 15 is 0 Å². The lowest BCUT2D eigenvalue weighted by atomic mass is 9.75. The molecule has 2 rings (SSSR count). The second-order valence-corrected chi connectivity index (χ2v) is 6.42. The van der Waals surface area contributed by atoms with Gasteiger partial charge in [-0.25, -0.2) is 0 Å². The Hall–Kier alpha value is 0.1000. The Morgan fingerprint density at radius 3 is 2.86 bits per heavy atom. The summed E-state index contributed by atoms with van der Waals surface area (Å²) in [6, 6.07) is 4.09. The molecule has 4 heteroatoms. The van der Waals surface area contributed by atoms with Gasteiger partial charge in [0.05, 0.1) is 15.5 Å². The van der Waals surface area contributed by atoms with Gasteiger partial charge < -0.3 is 9.84 Å². The third-order valence-electron chi connectivity index (χ3n) is 2.68. The van der Waals surface area contributed by atoms with Crippen LogP contribution in [0.5, 0.6) is 0 Å². The number of hydrogen-bond acceptors (Lipinski definition) is 3. The number of rotatable bonds is 3. The fraction of sp³-hybridized carbons (Fsp3) is 0.600. The van der Waals surface area contributed by atoms with Gasteiger partial charge in [-0.3, -0.25) is 0 Å². The molecule has 1 fully saturated rings. The van der Waals surface area contributed by atoms with Crippen LogP contribution in [0.3, 0.4) is 0 Å². The van der Waals surface area contributed by atoms with Gasteiger partial charge in [0, 0.05) is 31.2 Å². The van der Waals surface area contributed by atoms with Crippen molar-refractivity contribution in [2.75, 3.05) is 7.11 Å². The summed E-state index contributed by atoms with van der Waals surface area (Å²) in [5.41, 5.74) is -0.523. The molecule has 14 heavy (non-hydrogen) atoms. The molecule has 0 spiro atoms. The summed E-state index contributed by atoms with van der Waals surface area (Å²) in [6.07, 6.45) is 2.53. The van der Waals surface area contributed by atoms with Gasteiger partial charge in [0.1, 0.15) is 0 Å². The van der Waals surface area contributed by atoms with Crippen LogP contribution in [0.15, 0.2) is 15.9 Å². The Balaban J connectivity index is 1.93. The Morgan fingerprint density at radius 2 is 2.36 bits per heavy atom. The van der Waals surface area contributed by atoms with Crippen molar-refractivity contribution >= 4 is 27.3 Å². The quantitative estimate of drug-likeness (QED) is 0.920. The second kappa shape index (κ2) is 3.93. The van der Waals surface area contributed by atoms with Crippen molar-refractivity contribution in [3.05, 3.63) is 20.8 Å². The predicted octanol–water partition coefficient (Wildman–Crippen LogP) is 2.59. The first kappa shape index (κ1) is 10.6. The van der Waals surface area contributed by atoms with Crippen molar-refractivity contribution in [3.63, 3.8) is 0 Å².